The van der Waals surface area contributed by atoms with E-state index < -0.39 is 4.92 Å². The van der Waals surface area contributed by atoms with Gasteiger partial charge in [0.05, 0.1) is 4.92 Å². The van der Waals surface area contributed by atoms with Crippen molar-refractivity contribution >= 4 is 44.6 Å². The second kappa shape index (κ2) is 7.33. The van der Waals surface area contributed by atoms with Crippen molar-refractivity contribution in [1.29, 1.82) is 0 Å². The van der Waals surface area contributed by atoms with Crippen LogP contribution in [0.15, 0.2) is 53.0 Å². The number of halogens is 1. The molecular weight excluding hydrogens is 366 g/mol. The van der Waals surface area contributed by atoms with Gasteiger partial charge in [-0.15, -0.1) is 0 Å². The molecule has 0 saturated heterocycles. The summed E-state index contributed by atoms with van der Waals surface area (Å²) in [7, 11) is 1.89. The van der Waals surface area contributed by atoms with E-state index in [1.807, 2.05) is 36.2 Å². The fraction of sp³-hybridized carbons (Fsp3) is 0.133. The molecule has 0 aliphatic heterocycles. The van der Waals surface area contributed by atoms with Gasteiger partial charge < -0.3 is 10.2 Å². The highest BCUT2D eigenvalue weighted by Crippen LogP contribution is 2.16. The Bertz CT molecular complexity index is 674. The number of nitrogens with one attached hydrogen (secondary N) is 1. The molecule has 2 aromatic rings. The number of nitrogens with zero attached hydrogens (tertiary/aromatic N) is 2. The number of hydrogen-bond acceptors (Lipinski definition) is 3. The summed E-state index contributed by atoms with van der Waals surface area (Å²) in [5.74, 6) is 0. The highest BCUT2D eigenvalue weighted by molar-refractivity contribution is 9.10. The van der Waals surface area contributed by atoms with E-state index in [1.165, 1.54) is 12.1 Å². The Morgan fingerprint density at radius 3 is 2.36 bits per heavy atom. The molecule has 114 valence electrons. The molecule has 7 heteroatoms. The highest BCUT2D eigenvalue weighted by Gasteiger charge is 2.08. The van der Waals surface area contributed by atoms with E-state index in [2.05, 4.69) is 21.2 Å². The number of non-ortho nitro benzene ring substituents is 1. The number of anilines is 1. The Balaban J connectivity index is 1.95. The molecule has 22 heavy (non-hydrogen) atoms. The van der Waals surface area contributed by atoms with Crippen molar-refractivity contribution in [1.82, 2.24) is 4.90 Å². The van der Waals surface area contributed by atoms with Gasteiger partial charge in [-0.25, -0.2) is 0 Å². The first-order valence-corrected chi connectivity index (χ1v) is 7.67. The summed E-state index contributed by atoms with van der Waals surface area (Å²) in [5, 5.41) is 14.2. The number of thiocarbonyl (C=S) groups is 1. The fourth-order valence-corrected chi connectivity index (χ4v) is 2.27. The monoisotopic (exact) mass is 379 g/mol. The zero-order valence-electron chi connectivity index (χ0n) is 11.8. The zero-order chi connectivity index (χ0) is 16.1. The van der Waals surface area contributed by atoms with Crippen LogP contribution in [0.2, 0.25) is 0 Å². The van der Waals surface area contributed by atoms with Crippen LogP contribution in [0.3, 0.4) is 0 Å². The Morgan fingerprint density at radius 1 is 1.23 bits per heavy atom. The standard InChI is InChI=1S/C15H14BrN3O2S/c1-18(10-11-2-4-12(16)5-3-11)15(22)17-13-6-8-14(9-7-13)19(20)21/h2-9H,10H2,1H3,(H,17,22). The molecule has 0 bridgehead atoms. The molecule has 0 heterocycles. The molecule has 5 nitrogen and oxygen atoms in total. The maximum Gasteiger partial charge on any atom is 0.269 e. The van der Waals surface area contributed by atoms with Crippen LogP contribution in [0.4, 0.5) is 11.4 Å². The lowest BCUT2D eigenvalue weighted by atomic mass is 10.2. The summed E-state index contributed by atoms with van der Waals surface area (Å²) in [6.45, 7) is 0.673. The van der Waals surface area contributed by atoms with Gasteiger partial charge in [-0.1, -0.05) is 28.1 Å². The lowest BCUT2D eigenvalue weighted by molar-refractivity contribution is -0.384. The van der Waals surface area contributed by atoms with Crippen molar-refractivity contribution in [3.63, 3.8) is 0 Å². The second-order valence-corrected chi connectivity index (χ2v) is 6.02. The van der Waals surface area contributed by atoms with Crippen molar-refractivity contribution in [2.45, 2.75) is 6.54 Å². The molecule has 0 atom stereocenters. The molecule has 0 aromatic heterocycles. The predicted octanol–water partition coefficient (Wildman–Crippen LogP) is 4.19. The van der Waals surface area contributed by atoms with Crippen molar-refractivity contribution in [3.8, 4) is 0 Å². The minimum atomic E-state index is -0.429. The molecular formula is C15H14BrN3O2S. The van der Waals surface area contributed by atoms with Gasteiger partial charge in [-0.3, -0.25) is 10.1 Å². The molecule has 0 fully saturated rings. The summed E-state index contributed by atoms with van der Waals surface area (Å²) >= 11 is 8.74. The first-order valence-electron chi connectivity index (χ1n) is 6.47. The lowest BCUT2D eigenvalue weighted by Gasteiger charge is -2.21. The van der Waals surface area contributed by atoms with Crippen LogP contribution in [0.25, 0.3) is 0 Å². The Kier molecular flexibility index (Phi) is 5.46. The van der Waals surface area contributed by atoms with Gasteiger partial charge in [0.25, 0.3) is 5.69 Å². The van der Waals surface area contributed by atoms with Crippen molar-refractivity contribution in [3.05, 3.63) is 68.7 Å². The van der Waals surface area contributed by atoms with Gasteiger partial charge in [-0.05, 0) is 42.0 Å². The summed E-state index contributed by atoms with van der Waals surface area (Å²) in [5.41, 5.74) is 1.91. The fourth-order valence-electron chi connectivity index (χ4n) is 1.82. The van der Waals surface area contributed by atoms with Gasteiger partial charge in [0.2, 0.25) is 0 Å². The van der Waals surface area contributed by atoms with Crippen LogP contribution in [0.5, 0.6) is 0 Å². The maximum atomic E-state index is 10.6. The molecule has 0 amide bonds. The third-order valence-corrected chi connectivity index (χ3v) is 3.95. The van der Waals surface area contributed by atoms with Gasteiger partial charge >= 0.3 is 0 Å². The van der Waals surface area contributed by atoms with Gasteiger partial charge in [0.15, 0.2) is 5.11 Å². The molecule has 0 unspecified atom stereocenters. The van der Waals surface area contributed by atoms with Crippen LogP contribution in [-0.4, -0.2) is 22.0 Å². The molecule has 2 rings (SSSR count). The maximum absolute atomic E-state index is 10.6. The third-order valence-electron chi connectivity index (χ3n) is 3.01. The summed E-state index contributed by atoms with van der Waals surface area (Å²) in [6, 6.07) is 14.2. The number of nitro groups is 1. The number of rotatable bonds is 4. The van der Waals surface area contributed by atoms with Crippen LogP contribution in [0.1, 0.15) is 5.56 Å². The smallest absolute Gasteiger partial charge is 0.269 e. The van der Waals surface area contributed by atoms with E-state index in [1.54, 1.807) is 12.1 Å². The van der Waals surface area contributed by atoms with Crippen molar-refractivity contribution in [2.75, 3.05) is 12.4 Å². The first kappa shape index (κ1) is 16.4. The summed E-state index contributed by atoms with van der Waals surface area (Å²) in [4.78, 5) is 12.1. The lowest BCUT2D eigenvalue weighted by Crippen LogP contribution is -2.30. The molecule has 0 spiro atoms. The van der Waals surface area contributed by atoms with E-state index in [9.17, 15) is 10.1 Å². The van der Waals surface area contributed by atoms with Crippen molar-refractivity contribution in [2.24, 2.45) is 0 Å². The van der Waals surface area contributed by atoms with E-state index in [0.29, 0.717) is 11.7 Å². The third kappa shape index (κ3) is 4.51. The minimum absolute atomic E-state index is 0.0553. The Morgan fingerprint density at radius 2 is 1.82 bits per heavy atom. The summed E-state index contributed by atoms with van der Waals surface area (Å²) in [6.07, 6.45) is 0. The number of benzene rings is 2. The minimum Gasteiger partial charge on any atom is -0.348 e. The summed E-state index contributed by atoms with van der Waals surface area (Å²) < 4.78 is 1.03. The quantitative estimate of drug-likeness (QED) is 0.490. The zero-order valence-corrected chi connectivity index (χ0v) is 14.2. The Hall–Kier alpha value is -1.99. The van der Waals surface area contributed by atoms with Gasteiger partial charge in [0.1, 0.15) is 0 Å². The number of nitro benzene ring substituents is 1. The number of hydrogen-bond donors (Lipinski definition) is 1. The van der Waals surface area contributed by atoms with Crippen molar-refractivity contribution < 1.29 is 4.92 Å². The molecule has 0 saturated carbocycles. The second-order valence-electron chi connectivity index (χ2n) is 4.72. The average molecular weight is 380 g/mol. The van der Waals surface area contributed by atoms with Crippen LogP contribution in [0, 0.1) is 10.1 Å². The van der Waals surface area contributed by atoms with E-state index in [-0.39, 0.29) is 5.69 Å². The molecule has 1 N–H and O–H groups in total. The van der Waals surface area contributed by atoms with Crippen LogP contribution < -0.4 is 5.32 Å². The van der Waals surface area contributed by atoms with Gasteiger partial charge in [0, 0.05) is 35.9 Å². The van der Waals surface area contributed by atoms with Gasteiger partial charge in [-0.2, -0.15) is 0 Å². The van der Waals surface area contributed by atoms with E-state index in [0.717, 1.165) is 15.7 Å². The van der Waals surface area contributed by atoms with E-state index in [4.69, 9.17) is 12.2 Å². The van der Waals surface area contributed by atoms with Crippen LogP contribution >= 0.6 is 28.1 Å². The SMILES string of the molecule is CN(Cc1ccc(Br)cc1)C(=S)Nc1ccc([N+](=O)[O-])cc1. The Labute approximate surface area is 142 Å². The highest BCUT2D eigenvalue weighted by atomic mass is 79.9. The predicted molar refractivity (Wildman–Crippen MR) is 94.9 cm³/mol. The normalized spacial score (nSPS) is 10.1. The molecule has 2 aromatic carbocycles. The topological polar surface area (TPSA) is 58.4 Å². The van der Waals surface area contributed by atoms with Crippen LogP contribution in [-0.2, 0) is 6.54 Å². The average Bonchev–Trinajstić information content (AvgIpc) is 2.50. The molecule has 0 aliphatic rings. The largest absolute Gasteiger partial charge is 0.348 e. The molecule has 0 radical (unpaired) electrons. The first-order chi connectivity index (χ1) is 10.5. The molecule has 0 aliphatic carbocycles. The van der Waals surface area contributed by atoms with E-state index >= 15 is 0 Å².